The van der Waals surface area contributed by atoms with Gasteiger partial charge in [0.05, 0.1) is 27.4 Å². The van der Waals surface area contributed by atoms with Gasteiger partial charge in [0.2, 0.25) is 0 Å². The Labute approximate surface area is 197 Å². The molecule has 0 saturated carbocycles. The van der Waals surface area contributed by atoms with Gasteiger partial charge in [0.25, 0.3) is 0 Å². The molecule has 7 heteroatoms. The van der Waals surface area contributed by atoms with Crippen LogP contribution in [0.25, 0.3) is 0 Å². The van der Waals surface area contributed by atoms with Gasteiger partial charge in [-0.2, -0.15) is 0 Å². The van der Waals surface area contributed by atoms with E-state index in [0.717, 1.165) is 41.8 Å². The van der Waals surface area contributed by atoms with E-state index in [-0.39, 0.29) is 6.03 Å². The average Bonchev–Trinajstić information content (AvgIpc) is 2.84. The highest BCUT2D eigenvalue weighted by Gasteiger charge is 2.31. The topological polar surface area (TPSA) is 77.3 Å². The zero-order valence-corrected chi connectivity index (χ0v) is 20.3. The number of carbonyl (C=O) groups is 1. The lowest BCUT2D eigenvalue weighted by molar-refractivity contribution is 0.178. The van der Waals surface area contributed by atoms with Gasteiger partial charge in [0.15, 0.2) is 11.5 Å². The predicted molar refractivity (Wildman–Crippen MR) is 131 cm³/mol. The number of nitrogens with two attached hydrogens (primary N) is 1. The maximum atomic E-state index is 13.5. The first-order valence-corrected chi connectivity index (χ1v) is 11.7. The van der Waals surface area contributed by atoms with E-state index in [0.29, 0.717) is 50.2 Å². The van der Waals surface area contributed by atoms with Crippen molar-refractivity contribution in [2.45, 2.75) is 46.2 Å². The monoisotopic (exact) mass is 455 g/mol. The molecule has 2 N–H and O–H groups in total. The van der Waals surface area contributed by atoms with E-state index in [1.165, 1.54) is 0 Å². The lowest BCUT2D eigenvalue weighted by Crippen LogP contribution is -2.52. The van der Waals surface area contributed by atoms with Crippen LogP contribution >= 0.6 is 0 Å². The van der Waals surface area contributed by atoms with Gasteiger partial charge in [0.1, 0.15) is 5.75 Å². The largest absolute Gasteiger partial charge is 0.496 e. The van der Waals surface area contributed by atoms with Crippen molar-refractivity contribution in [1.82, 2.24) is 4.90 Å². The Morgan fingerprint density at radius 3 is 2.48 bits per heavy atom. The molecule has 1 heterocycles. The number of amides is 2. The quantitative estimate of drug-likeness (QED) is 0.492. The molecule has 1 aliphatic rings. The Balaban J connectivity index is 1.81. The van der Waals surface area contributed by atoms with Gasteiger partial charge in [-0.25, -0.2) is 4.79 Å². The van der Waals surface area contributed by atoms with E-state index in [4.69, 9.17) is 19.9 Å². The van der Waals surface area contributed by atoms with Crippen LogP contribution < -0.4 is 24.8 Å². The zero-order valence-electron chi connectivity index (χ0n) is 20.3. The molecule has 2 aromatic carbocycles. The average molecular weight is 456 g/mol. The second-order valence-corrected chi connectivity index (χ2v) is 8.62. The van der Waals surface area contributed by atoms with Crippen LogP contribution in [0.1, 0.15) is 44.2 Å². The fourth-order valence-electron chi connectivity index (χ4n) is 4.15. The molecule has 3 rings (SSSR count). The first-order valence-electron chi connectivity index (χ1n) is 11.7. The molecule has 7 nitrogen and oxygen atoms in total. The summed E-state index contributed by atoms with van der Waals surface area (Å²) >= 11 is 0. The number of anilines is 1. The van der Waals surface area contributed by atoms with Gasteiger partial charge >= 0.3 is 6.03 Å². The third kappa shape index (κ3) is 6.11. The van der Waals surface area contributed by atoms with Crippen molar-refractivity contribution in [2.75, 3.05) is 38.8 Å². The number of nitrogens with zero attached hydrogens (tertiary/aromatic N) is 2. The van der Waals surface area contributed by atoms with E-state index < -0.39 is 0 Å². The molecule has 0 bridgehead atoms. The second-order valence-electron chi connectivity index (χ2n) is 8.62. The fourth-order valence-corrected chi connectivity index (χ4v) is 4.15. The summed E-state index contributed by atoms with van der Waals surface area (Å²) in [5.41, 5.74) is 8.54. The van der Waals surface area contributed by atoms with E-state index in [1.807, 2.05) is 46.2 Å². The number of rotatable bonds is 11. The molecule has 180 valence electrons. The Bertz CT molecular complexity index is 934. The number of benzene rings is 2. The highest BCUT2D eigenvalue weighted by molar-refractivity contribution is 5.93. The molecule has 1 aliphatic heterocycles. The Hall–Kier alpha value is -2.93. The smallest absolute Gasteiger partial charge is 0.324 e. The number of ether oxygens (including phenoxy) is 3. The van der Waals surface area contributed by atoms with Crippen molar-refractivity contribution < 1.29 is 19.0 Å². The molecule has 1 saturated heterocycles. The Kier molecular flexibility index (Phi) is 8.83. The molecule has 0 radical (unpaired) electrons. The van der Waals surface area contributed by atoms with Crippen LogP contribution in [0, 0.1) is 5.92 Å². The van der Waals surface area contributed by atoms with Gasteiger partial charge in [-0.05, 0) is 36.1 Å². The molecular formula is C26H37N3O4. The van der Waals surface area contributed by atoms with Crippen molar-refractivity contribution in [2.24, 2.45) is 11.7 Å². The van der Waals surface area contributed by atoms with Gasteiger partial charge in [-0.1, -0.05) is 38.8 Å². The van der Waals surface area contributed by atoms with E-state index >= 15 is 0 Å². The summed E-state index contributed by atoms with van der Waals surface area (Å²) in [6.45, 7) is 7.22. The lowest BCUT2D eigenvalue weighted by atomic mass is 10.1. The summed E-state index contributed by atoms with van der Waals surface area (Å²) in [5, 5.41) is 0. The maximum Gasteiger partial charge on any atom is 0.324 e. The molecule has 2 aromatic rings. The minimum atomic E-state index is -0.0276. The molecule has 0 aromatic heterocycles. The fraction of sp³-hybridized carbons (Fsp3) is 0.500. The summed E-state index contributed by atoms with van der Waals surface area (Å²) in [4.78, 5) is 17.2. The first-order chi connectivity index (χ1) is 16.0. The summed E-state index contributed by atoms with van der Waals surface area (Å²) in [6, 6.07) is 11.6. The SMILES string of the molecule is CCCCCOc1cc(N2CC(C)CN(Cc3ccc(CN)cc3OC)C2=O)ccc1OC. The number of urea groups is 1. The Morgan fingerprint density at radius 2 is 1.79 bits per heavy atom. The molecule has 33 heavy (non-hydrogen) atoms. The minimum absolute atomic E-state index is 0.0276. The van der Waals surface area contributed by atoms with Gasteiger partial charge in [0, 0.05) is 37.0 Å². The third-order valence-corrected chi connectivity index (χ3v) is 5.94. The van der Waals surface area contributed by atoms with Crippen LogP contribution in [-0.4, -0.2) is 44.8 Å². The highest BCUT2D eigenvalue weighted by Crippen LogP contribution is 2.34. The summed E-state index contributed by atoms with van der Waals surface area (Å²) in [5.74, 6) is 2.41. The molecule has 0 spiro atoms. The first kappa shape index (κ1) is 24.7. The van der Waals surface area contributed by atoms with Gasteiger partial charge in [-0.15, -0.1) is 0 Å². The standard InChI is InChI=1S/C26H37N3O4/c1-5-6-7-12-33-25-14-22(10-11-23(25)31-3)29-17-19(2)16-28(26(29)30)18-21-9-8-20(15-27)13-24(21)32-4/h8-11,13-14,19H,5-7,12,15-18,27H2,1-4H3. The van der Waals surface area contributed by atoms with Crippen molar-refractivity contribution in [3.05, 3.63) is 47.5 Å². The number of unbranched alkanes of at least 4 members (excludes halogenated alkanes) is 2. The van der Waals surface area contributed by atoms with Gasteiger partial charge < -0.3 is 24.8 Å². The van der Waals surface area contributed by atoms with Gasteiger partial charge in [-0.3, -0.25) is 4.90 Å². The minimum Gasteiger partial charge on any atom is -0.496 e. The Morgan fingerprint density at radius 1 is 1.00 bits per heavy atom. The summed E-state index contributed by atoms with van der Waals surface area (Å²) in [6.07, 6.45) is 3.24. The van der Waals surface area contributed by atoms with E-state index in [2.05, 4.69) is 13.8 Å². The number of hydrogen-bond acceptors (Lipinski definition) is 5. The van der Waals surface area contributed by atoms with E-state index in [1.54, 1.807) is 14.2 Å². The normalized spacial score (nSPS) is 16.2. The van der Waals surface area contributed by atoms with Crippen LogP contribution in [0.3, 0.4) is 0 Å². The van der Waals surface area contributed by atoms with Crippen LogP contribution in [0.5, 0.6) is 17.2 Å². The molecule has 1 atom stereocenters. The number of hydrogen-bond donors (Lipinski definition) is 1. The van der Waals surface area contributed by atoms with Crippen LogP contribution in [0.15, 0.2) is 36.4 Å². The van der Waals surface area contributed by atoms with Crippen LogP contribution in [0.2, 0.25) is 0 Å². The molecule has 2 amide bonds. The van der Waals surface area contributed by atoms with Crippen LogP contribution in [-0.2, 0) is 13.1 Å². The number of methoxy groups -OCH3 is 2. The maximum absolute atomic E-state index is 13.5. The van der Waals surface area contributed by atoms with Crippen molar-refractivity contribution in [3.63, 3.8) is 0 Å². The van der Waals surface area contributed by atoms with Crippen LogP contribution in [0.4, 0.5) is 10.5 Å². The third-order valence-electron chi connectivity index (χ3n) is 5.94. The van der Waals surface area contributed by atoms with Crippen molar-refractivity contribution in [1.29, 1.82) is 0 Å². The van der Waals surface area contributed by atoms with Crippen molar-refractivity contribution in [3.8, 4) is 17.2 Å². The molecule has 0 aliphatic carbocycles. The zero-order chi connectivity index (χ0) is 23.8. The number of carbonyl (C=O) groups excluding carboxylic acids is 1. The summed E-state index contributed by atoms with van der Waals surface area (Å²) in [7, 11) is 3.28. The predicted octanol–water partition coefficient (Wildman–Crippen LogP) is 4.81. The molecule has 1 unspecified atom stereocenters. The highest BCUT2D eigenvalue weighted by atomic mass is 16.5. The van der Waals surface area contributed by atoms with Crippen molar-refractivity contribution >= 4 is 11.7 Å². The lowest BCUT2D eigenvalue weighted by Gasteiger charge is -2.39. The molecular weight excluding hydrogens is 418 g/mol. The summed E-state index contributed by atoms with van der Waals surface area (Å²) < 4.78 is 17.0. The van der Waals surface area contributed by atoms with E-state index in [9.17, 15) is 4.79 Å². The molecule has 1 fully saturated rings. The second kappa shape index (κ2) is 11.8.